The molecule has 0 aliphatic carbocycles. The molecule has 0 radical (unpaired) electrons. The average Bonchev–Trinajstić information content (AvgIpc) is 2.67. The third-order valence-corrected chi connectivity index (χ3v) is 5.27. The molecule has 108 valence electrons. The molecule has 20 heavy (non-hydrogen) atoms. The summed E-state index contributed by atoms with van der Waals surface area (Å²) < 4.78 is 0. The highest BCUT2D eigenvalue weighted by atomic mass is 32.2. The molecule has 3 nitrogen and oxygen atoms in total. The zero-order valence-electron chi connectivity index (χ0n) is 11.6. The summed E-state index contributed by atoms with van der Waals surface area (Å²) in [4.78, 5) is 16.2. The fraction of sp³-hybridized carbons (Fsp3) is 0.533. The van der Waals surface area contributed by atoms with Gasteiger partial charge in [0.05, 0.1) is 16.4 Å². The maximum atomic E-state index is 12.5. The van der Waals surface area contributed by atoms with Gasteiger partial charge in [0, 0.05) is 25.3 Å². The first-order chi connectivity index (χ1) is 9.72. The van der Waals surface area contributed by atoms with Crippen molar-refractivity contribution in [1.82, 2.24) is 4.90 Å². The molecule has 1 aromatic heterocycles. The number of hydrogen-bond acceptors (Lipinski definition) is 4. The second kappa shape index (κ2) is 7.72. The van der Waals surface area contributed by atoms with E-state index in [0.717, 1.165) is 46.3 Å². The van der Waals surface area contributed by atoms with E-state index in [0.29, 0.717) is 6.42 Å². The van der Waals surface area contributed by atoms with E-state index < -0.39 is 0 Å². The van der Waals surface area contributed by atoms with Crippen molar-refractivity contribution in [3.63, 3.8) is 0 Å². The van der Waals surface area contributed by atoms with Crippen LogP contribution in [0, 0.1) is 18.8 Å². The molecular formula is C15H19NO2S2. The normalized spacial score (nSPS) is 15.4. The third kappa shape index (κ3) is 4.02. The number of thiophene rings is 1. The Bertz CT molecular complexity index is 520. The number of thioether (sulfide) groups is 1. The van der Waals surface area contributed by atoms with Crippen LogP contribution in [0.5, 0.6) is 0 Å². The molecule has 0 saturated carbocycles. The van der Waals surface area contributed by atoms with Gasteiger partial charge in [0.1, 0.15) is 0 Å². The maximum Gasteiger partial charge on any atom is 0.264 e. The van der Waals surface area contributed by atoms with E-state index >= 15 is 0 Å². The highest BCUT2D eigenvalue weighted by molar-refractivity contribution is 7.99. The number of carbonyl (C=O) groups is 1. The molecule has 1 N–H and O–H groups in total. The highest BCUT2D eigenvalue weighted by Crippen LogP contribution is 2.23. The van der Waals surface area contributed by atoms with Crippen LogP contribution in [0.3, 0.4) is 0 Å². The van der Waals surface area contributed by atoms with E-state index in [1.807, 2.05) is 29.7 Å². The molecular weight excluding hydrogens is 290 g/mol. The molecule has 0 bridgehead atoms. The fourth-order valence-electron chi connectivity index (χ4n) is 2.02. The van der Waals surface area contributed by atoms with E-state index in [-0.39, 0.29) is 12.5 Å². The Balaban J connectivity index is 2.10. The van der Waals surface area contributed by atoms with Gasteiger partial charge in [-0.3, -0.25) is 4.79 Å². The van der Waals surface area contributed by atoms with Gasteiger partial charge in [0.2, 0.25) is 0 Å². The van der Waals surface area contributed by atoms with Crippen molar-refractivity contribution in [2.45, 2.75) is 19.8 Å². The molecule has 2 rings (SSSR count). The van der Waals surface area contributed by atoms with E-state index in [1.165, 1.54) is 11.3 Å². The minimum absolute atomic E-state index is 0.0780. The Hall–Kier alpha value is -0.960. The lowest BCUT2D eigenvalue weighted by Crippen LogP contribution is -2.32. The fourth-order valence-corrected chi connectivity index (χ4v) is 3.92. The predicted molar refractivity (Wildman–Crippen MR) is 85.5 cm³/mol. The van der Waals surface area contributed by atoms with Crippen molar-refractivity contribution < 1.29 is 9.90 Å². The smallest absolute Gasteiger partial charge is 0.264 e. The monoisotopic (exact) mass is 309 g/mol. The topological polar surface area (TPSA) is 40.5 Å². The zero-order valence-corrected chi connectivity index (χ0v) is 13.3. The van der Waals surface area contributed by atoms with Crippen LogP contribution in [-0.2, 0) is 0 Å². The first-order valence-corrected chi connectivity index (χ1v) is 8.76. The Morgan fingerprint density at radius 1 is 1.45 bits per heavy atom. The van der Waals surface area contributed by atoms with Gasteiger partial charge in [-0.2, -0.15) is 11.8 Å². The molecule has 1 fully saturated rings. The number of carbonyl (C=O) groups excluding carboxylic acids is 1. The van der Waals surface area contributed by atoms with Gasteiger partial charge in [-0.1, -0.05) is 11.8 Å². The summed E-state index contributed by atoms with van der Waals surface area (Å²) in [6, 6.07) is 1.94. The van der Waals surface area contributed by atoms with Crippen molar-refractivity contribution in [3.8, 4) is 11.8 Å². The summed E-state index contributed by atoms with van der Waals surface area (Å²) in [5.41, 5.74) is 1.05. The van der Waals surface area contributed by atoms with Crippen molar-refractivity contribution in [3.05, 3.63) is 21.4 Å². The van der Waals surface area contributed by atoms with Crippen LogP contribution in [0.25, 0.3) is 0 Å². The quantitative estimate of drug-likeness (QED) is 0.853. The second-order valence-corrected chi connectivity index (χ2v) is 6.93. The molecule has 0 atom stereocenters. The summed E-state index contributed by atoms with van der Waals surface area (Å²) in [5, 5.41) is 8.74. The lowest BCUT2D eigenvalue weighted by atomic mass is 10.2. The van der Waals surface area contributed by atoms with E-state index in [2.05, 4.69) is 11.8 Å². The number of aliphatic hydroxyl groups is 1. The SMILES string of the molecule is Cc1cc(C(=O)N2CCCSCC2)sc1C#CCCO. The lowest BCUT2D eigenvalue weighted by molar-refractivity contribution is 0.0773. The number of hydrogen-bond donors (Lipinski definition) is 1. The zero-order chi connectivity index (χ0) is 14.4. The second-order valence-electron chi connectivity index (χ2n) is 4.66. The Kier molecular flexibility index (Phi) is 5.96. The summed E-state index contributed by atoms with van der Waals surface area (Å²) in [7, 11) is 0. The van der Waals surface area contributed by atoms with Gasteiger partial charge in [-0.15, -0.1) is 11.3 Å². The van der Waals surface area contributed by atoms with Crippen LogP contribution in [-0.4, -0.2) is 47.1 Å². The van der Waals surface area contributed by atoms with E-state index in [9.17, 15) is 4.79 Å². The van der Waals surface area contributed by atoms with Crippen molar-refractivity contribution in [2.75, 3.05) is 31.2 Å². The van der Waals surface area contributed by atoms with Crippen LogP contribution >= 0.6 is 23.1 Å². The van der Waals surface area contributed by atoms with Gasteiger partial charge >= 0.3 is 0 Å². The first-order valence-electron chi connectivity index (χ1n) is 6.79. The Morgan fingerprint density at radius 3 is 3.10 bits per heavy atom. The number of aliphatic hydroxyl groups excluding tert-OH is 1. The van der Waals surface area contributed by atoms with Gasteiger partial charge in [-0.25, -0.2) is 0 Å². The van der Waals surface area contributed by atoms with E-state index in [4.69, 9.17) is 5.11 Å². The molecule has 0 unspecified atom stereocenters. The van der Waals surface area contributed by atoms with Gasteiger partial charge in [-0.05, 0) is 30.7 Å². The molecule has 1 aromatic rings. The number of nitrogens with zero attached hydrogens (tertiary/aromatic N) is 1. The Labute approximate surface area is 128 Å². The van der Waals surface area contributed by atoms with Crippen LogP contribution < -0.4 is 0 Å². The van der Waals surface area contributed by atoms with Gasteiger partial charge in [0.25, 0.3) is 5.91 Å². The average molecular weight is 309 g/mol. The molecule has 5 heteroatoms. The molecule has 1 aliphatic rings. The molecule has 1 aliphatic heterocycles. The van der Waals surface area contributed by atoms with Crippen molar-refractivity contribution in [1.29, 1.82) is 0 Å². The van der Waals surface area contributed by atoms with Crippen LogP contribution in [0.2, 0.25) is 0 Å². The van der Waals surface area contributed by atoms with Gasteiger partial charge in [0.15, 0.2) is 0 Å². The summed E-state index contributed by atoms with van der Waals surface area (Å²) >= 11 is 3.38. The molecule has 0 spiro atoms. The summed E-state index contributed by atoms with van der Waals surface area (Å²) in [6.45, 7) is 3.75. The van der Waals surface area contributed by atoms with Crippen LogP contribution in [0.4, 0.5) is 0 Å². The third-order valence-electron chi connectivity index (χ3n) is 3.08. The Morgan fingerprint density at radius 2 is 2.30 bits per heavy atom. The van der Waals surface area contributed by atoms with Gasteiger partial charge < -0.3 is 10.0 Å². The summed E-state index contributed by atoms with van der Waals surface area (Å²) in [5.74, 6) is 8.26. The number of amides is 1. The lowest BCUT2D eigenvalue weighted by Gasteiger charge is -2.18. The molecule has 1 saturated heterocycles. The van der Waals surface area contributed by atoms with Crippen LogP contribution in [0.1, 0.15) is 33.0 Å². The summed E-state index contributed by atoms with van der Waals surface area (Å²) in [6.07, 6.45) is 1.55. The standard InChI is InChI=1S/C15H19NO2S2/c1-12-11-14(20-13(12)5-2-3-8-17)15(18)16-6-4-9-19-10-7-16/h11,17H,3-4,6-10H2,1H3. The van der Waals surface area contributed by atoms with Crippen molar-refractivity contribution in [2.24, 2.45) is 0 Å². The minimum atomic E-state index is 0.0780. The largest absolute Gasteiger partial charge is 0.395 e. The maximum absolute atomic E-state index is 12.5. The molecule has 1 amide bonds. The van der Waals surface area contributed by atoms with E-state index in [1.54, 1.807) is 0 Å². The number of aryl methyl sites for hydroxylation is 1. The van der Waals surface area contributed by atoms with Crippen LogP contribution in [0.15, 0.2) is 6.07 Å². The van der Waals surface area contributed by atoms with Crippen molar-refractivity contribution >= 4 is 29.0 Å². The minimum Gasteiger partial charge on any atom is -0.395 e. The highest BCUT2D eigenvalue weighted by Gasteiger charge is 2.19. The first kappa shape index (κ1) is 15.4. The number of rotatable bonds is 2. The molecule has 0 aromatic carbocycles. The molecule has 2 heterocycles. The predicted octanol–water partition coefficient (Wildman–Crippen LogP) is 2.37.